The van der Waals surface area contributed by atoms with Crippen LogP contribution in [0.4, 0.5) is 0 Å². The zero-order valence-corrected chi connectivity index (χ0v) is 39.0. The molecule has 0 saturated heterocycles. The standard InChI is InChI=1S/C52H80N2O7/c1-34(2)37-23-28-52(47(59)53-31-17-12-10-11-16-20-44(57)54-39(40(56)33-45(58)60-9)32-36-18-14-13-15-19-36)30-29-50(7)38(46(37)52)21-22-42-49(6)26-25-43(61-35(3)55)48(4,5)41(49)24-27-51(42,50)8/h13-15,18-19,37-43,46,56H,1,10-12,16-17,20-33H2,2-9H3,(H,53,59)(H,54,57)/t37-,38+,39-,40-,41-,42+,43-,46+,49-,50+,51+,52-/m0/s1. The van der Waals surface area contributed by atoms with Crippen LogP contribution in [-0.2, 0) is 35.1 Å². The van der Waals surface area contributed by atoms with Crippen molar-refractivity contribution >= 4 is 23.8 Å². The molecular formula is C52H80N2O7. The van der Waals surface area contributed by atoms with E-state index < -0.39 is 18.1 Å². The Balaban J connectivity index is 1.02. The van der Waals surface area contributed by atoms with Crippen LogP contribution in [0, 0.1) is 56.7 Å². The summed E-state index contributed by atoms with van der Waals surface area (Å²) in [6.07, 6.45) is 14.9. The van der Waals surface area contributed by atoms with Crippen molar-refractivity contribution in [2.75, 3.05) is 13.7 Å². The van der Waals surface area contributed by atoms with Crippen LogP contribution in [0.15, 0.2) is 42.5 Å². The Morgan fingerprint density at radius 2 is 1.52 bits per heavy atom. The van der Waals surface area contributed by atoms with E-state index in [2.05, 4.69) is 58.8 Å². The molecular weight excluding hydrogens is 765 g/mol. The van der Waals surface area contributed by atoms with Crippen LogP contribution in [0.5, 0.6) is 0 Å². The molecule has 1 aromatic carbocycles. The van der Waals surface area contributed by atoms with E-state index in [1.165, 1.54) is 38.4 Å². The van der Waals surface area contributed by atoms with Gasteiger partial charge >= 0.3 is 11.9 Å². The smallest absolute Gasteiger partial charge is 0.308 e. The first-order valence-electron chi connectivity index (χ1n) is 24.0. The number of unbranched alkanes of at least 4 members (excludes halogenated alkanes) is 4. The van der Waals surface area contributed by atoms with Crippen molar-refractivity contribution < 1.29 is 33.8 Å². The van der Waals surface area contributed by atoms with Gasteiger partial charge in [0, 0.05) is 25.3 Å². The summed E-state index contributed by atoms with van der Waals surface area (Å²) < 4.78 is 10.7. The largest absolute Gasteiger partial charge is 0.469 e. The third-order valence-corrected chi connectivity index (χ3v) is 18.3. The number of ether oxygens (including phenoxy) is 2. The number of fused-ring (bicyclic) bond motifs is 7. The van der Waals surface area contributed by atoms with Gasteiger partial charge in [0.2, 0.25) is 11.8 Å². The van der Waals surface area contributed by atoms with Gasteiger partial charge in [0.1, 0.15) is 6.10 Å². The number of carbonyl (C=O) groups is 4. The molecule has 1 aromatic rings. The van der Waals surface area contributed by atoms with E-state index in [0.29, 0.717) is 49.0 Å². The van der Waals surface area contributed by atoms with Crippen LogP contribution < -0.4 is 10.6 Å². The Labute approximate surface area is 367 Å². The average molecular weight is 845 g/mol. The molecule has 5 aliphatic rings. The number of hydrogen-bond acceptors (Lipinski definition) is 7. The van der Waals surface area contributed by atoms with E-state index in [0.717, 1.165) is 76.2 Å². The summed E-state index contributed by atoms with van der Waals surface area (Å²) >= 11 is 0. The van der Waals surface area contributed by atoms with Gasteiger partial charge in [-0.15, -0.1) is 0 Å². The second-order valence-electron chi connectivity index (χ2n) is 21.8. The number of aliphatic hydroxyl groups excluding tert-OH is 1. The quantitative estimate of drug-likeness (QED) is 0.0809. The van der Waals surface area contributed by atoms with E-state index in [1.54, 1.807) is 6.92 Å². The van der Waals surface area contributed by atoms with Gasteiger partial charge in [-0.25, -0.2) is 0 Å². The first-order valence-corrected chi connectivity index (χ1v) is 24.0. The molecule has 5 fully saturated rings. The van der Waals surface area contributed by atoms with E-state index in [4.69, 9.17) is 9.47 Å². The van der Waals surface area contributed by atoms with E-state index in [1.807, 2.05) is 30.3 Å². The molecule has 0 spiro atoms. The average Bonchev–Trinajstić information content (AvgIpc) is 3.61. The van der Waals surface area contributed by atoms with Crippen LogP contribution in [0.25, 0.3) is 0 Å². The van der Waals surface area contributed by atoms with Crippen LogP contribution in [0.3, 0.4) is 0 Å². The number of carbonyl (C=O) groups excluding carboxylic acids is 4. The molecule has 0 heterocycles. The van der Waals surface area contributed by atoms with Crippen molar-refractivity contribution in [3.63, 3.8) is 0 Å². The molecule has 9 nitrogen and oxygen atoms in total. The first kappa shape index (κ1) is 47.3. The predicted molar refractivity (Wildman–Crippen MR) is 240 cm³/mol. The lowest BCUT2D eigenvalue weighted by Crippen LogP contribution is -2.67. The lowest BCUT2D eigenvalue weighted by molar-refractivity contribution is -0.248. The molecule has 0 unspecified atom stereocenters. The number of methoxy groups -OCH3 is 1. The van der Waals surface area contributed by atoms with Crippen LogP contribution in [-0.4, -0.2) is 60.8 Å². The Morgan fingerprint density at radius 3 is 2.21 bits per heavy atom. The van der Waals surface area contributed by atoms with Gasteiger partial charge in [-0.3, -0.25) is 19.2 Å². The van der Waals surface area contributed by atoms with Crippen LogP contribution in [0.2, 0.25) is 0 Å². The van der Waals surface area contributed by atoms with Crippen LogP contribution in [0.1, 0.15) is 163 Å². The second kappa shape index (κ2) is 18.9. The van der Waals surface area contributed by atoms with Crippen molar-refractivity contribution in [3.8, 4) is 0 Å². The number of nitrogens with one attached hydrogen (secondary N) is 2. The maximum atomic E-state index is 14.6. The van der Waals surface area contributed by atoms with Gasteiger partial charge in [-0.05, 0) is 142 Å². The summed E-state index contributed by atoms with van der Waals surface area (Å²) in [5.74, 6) is 1.79. The number of benzene rings is 1. The molecule has 340 valence electrons. The number of amides is 2. The summed E-state index contributed by atoms with van der Waals surface area (Å²) in [6, 6.07) is 9.06. The fourth-order valence-electron chi connectivity index (χ4n) is 15.1. The predicted octanol–water partition coefficient (Wildman–Crippen LogP) is 9.68. The molecule has 0 aromatic heterocycles. The Kier molecular flexibility index (Phi) is 14.6. The molecule has 0 radical (unpaired) electrons. The Morgan fingerprint density at radius 1 is 0.820 bits per heavy atom. The fourth-order valence-corrected chi connectivity index (χ4v) is 15.1. The zero-order valence-electron chi connectivity index (χ0n) is 39.0. The topological polar surface area (TPSA) is 131 Å². The Hall–Kier alpha value is -3.20. The minimum Gasteiger partial charge on any atom is -0.469 e. The fraction of sp³-hybridized carbons (Fsp3) is 0.769. The van der Waals surface area contributed by atoms with E-state index >= 15 is 0 Å². The molecule has 12 atom stereocenters. The van der Waals surface area contributed by atoms with E-state index in [-0.39, 0.29) is 57.4 Å². The third kappa shape index (κ3) is 9.11. The van der Waals surface area contributed by atoms with Crippen molar-refractivity contribution in [1.82, 2.24) is 10.6 Å². The van der Waals surface area contributed by atoms with Crippen molar-refractivity contribution in [2.24, 2.45) is 56.7 Å². The molecule has 5 saturated carbocycles. The SMILES string of the molecule is C=C(C)[C@@H]1CC[C@]2(C(=O)NCCCCCCCC(=O)N[C@@H](Cc3ccccc3)[C@@H](O)CC(=O)OC)CC[C@]3(C)[C@H](CC[C@@H]4[C@@]5(C)CC[C@H](OC(C)=O)C(C)(C)[C@@H]5CC[C@]43C)[C@@H]12. The molecule has 0 bridgehead atoms. The van der Waals surface area contributed by atoms with Gasteiger partial charge < -0.3 is 25.2 Å². The van der Waals surface area contributed by atoms with Crippen molar-refractivity contribution in [3.05, 3.63) is 48.0 Å². The van der Waals surface area contributed by atoms with Gasteiger partial charge in [0.25, 0.3) is 0 Å². The zero-order chi connectivity index (χ0) is 44.4. The lowest BCUT2D eigenvalue weighted by Gasteiger charge is -2.72. The molecule has 9 heteroatoms. The van der Waals surface area contributed by atoms with E-state index in [9.17, 15) is 24.3 Å². The highest BCUT2D eigenvalue weighted by molar-refractivity contribution is 5.84. The number of allylic oxidation sites excluding steroid dienone is 1. The van der Waals surface area contributed by atoms with Gasteiger partial charge in [-0.2, -0.15) is 0 Å². The summed E-state index contributed by atoms with van der Waals surface area (Å²) in [5, 5.41) is 17.2. The number of esters is 2. The Bertz CT molecular complexity index is 1750. The molecule has 2 amide bonds. The molecule has 61 heavy (non-hydrogen) atoms. The summed E-state index contributed by atoms with van der Waals surface area (Å²) in [5.41, 5.74) is 2.36. The lowest BCUT2D eigenvalue weighted by atomic mass is 9.32. The summed E-state index contributed by atoms with van der Waals surface area (Å²) in [6.45, 7) is 21.5. The van der Waals surface area contributed by atoms with Crippen LogP contribution >= 0.6 is 0 Å². The highest BCUT2D eigenvalue weighted by Gasteiger charge is 2.72. The van der Waals surface area contributed by atoms with Crippen molar-refractivity contribution in [1.29, 1.82) is 0 Å². The normalized spacial score (nSPS) is 35.8. The number of hydrogen-bond donors (Lipinski definition) is 3. The minimum atomic E-state index is -1.04. The number of aliphatic hydroxyl groups is 1. The molecule has 5 aliphatic carbocycles. The molecule has 0 aliphatic heterocycles. The highest BCUT2D eigenvalue weighted by atomic mass is 16.5. The van der Waals surface area contributed by atoms with Gasteiger partial charge in [-0.1, -0.05) is 96.4 Å². The maximum absolute atomic E-state index is 14.6. The van der Waals surface area contributed by atoms with Gasteiger partial charge in [0.15, 0.2) is 0 Å². The summed E-state index contributed by atoms with van der Waals surface area (Å²) in [4.78, 5) is 51.5. The minimum absolute atomic E-state index is 0.0195. The first-order chi connectivity index (χ1) is 28.8. The highest BCUT2D eigenvalue weighted by Crippen LogP contribution is 2.77. The second-order valence-corrected chi connectivity index (χ2v) is 21.8. The summed E-state index contributed by atoms with van der Waals surface area (Å²) in [7, 11) is 1.29. The maximum Gasteiger partial charge on any atom is 0.308 e. The third-order valence-electron chi connectivity index (χ3n) is 18.3. The van der Waals surface area contributed by atoms with Crippen molar-refractivity contribution in [2.45, 2.75) is 182 Å². The van der Waals surface area contributed by atoms with Gasteiger partial charge in [0.05, 0.1) is 31.1 Å². The molecule has 3 N–H and O–H groups in total. The molecule has 6 rings (SSSR count). The number of rotatable bonds is 17. The monoisotopic (exact) mass is 845 g/mol.